The van der Waals surface area contributed by atoms with Gasteiger partial charge < -0.3 is 10.1 Å². The van der Waals surface area contributed by atoms with Crippen molar-refractivity contribution in [3.63, 3.8) is 0 Å². The van der Waals surface area contributed by atoms with Crippen LogP contribution < -0.4 is 25.8 Å². The van der Waals surface area contributed by atoms with Crippen molar-refractivity contribution >= 4 is 22.4 Å². The SMILES string of the molecule is CC(NNCCc1ncc(N2CC(=C3CC3)NC2=O)s1)c1ccc(F)c(OCC2CC2)c1. The first-order valence-corrected chi connectivity index (χ1v) is 12.0. The van der Waals surface area contributed by atoms with Crippen molar-refractivity contribution in [2.24, 2.45) is 5.92 Å². The normalized spacial score (nSPS) is 18.8. The molecule has 5 rings (SSSR count). The van der Waals surface area contributed by atoms with Crippen LogP contribution >= 0.6 is 11.3 Å². The molecule has 1 aromatic carbocycles. The van der Waals surface area contributed by atoms with E-state index in [1.54, 1.807) is 34.6 Å². The van der Waals surface area contributed by atoms with Crippen molar-refractivity contribution < 1.29 is 13.9 Å². The number of hydrogen-bond donors (Lipinski definition) is 3. The summed E-state index contributed by atoms with van der Waals surface area (Å²) in [6.07, 6.45) is 7.06. The molecule has 1 unspecified atom stereocenters. The van der Waals surface area contributed by atoms with Crippen LogP contribution in [0.3, 0.4) is 0 Å². The summed E-state index contributed by atoms with van der Waals surface area (Å²) in [7, 11) is 0. The number of aromatic nitrogens is 1. The zero-order chi connectivity index (χ0) is 22.1. The first kappa shape index (κ1) is 21.4. The Morgan fingerprint density at radius 1 is 1.38 bits per heavy atom. The minimum absolute atomic E-state index is 0.00657. The van der Waals surface area contributed by atoms with E-state index in [4.69, 9.17) is 4.74 Å². The second-order valence-electron chi connectivity index (χ2n) is 8.68. The molecule has 1 aromatic heterocycles. The number of benzene rings is 1. The van der Waals surface area contributed by atoms with Gasteiger partial charge in [-0.3, -0.25) is 15.8 Å². The number of allylic oxidation sites excluding steroid dienone is 1. The van der Waals surface area contributed by atoms with E-state index >= 15 is 0 Å². The third-order valence-corrected chi connectivity index (χ3v) is 7.04. The number of anilines is 1. The average molecular weight is 458 g/mol. The molecule has 0 radical (unpaired) electrons. The maximum Gasteiger partial charge on any atom is 0.327 e. The molecule has 170 valence electrons. The van der Waals surface area contributed by atoms with Gasteiger partial charge in [0, 0.05) is 24.7 Å². The second-order valence-corrected chi connectivity index (χ2v) is 9.77. The van der Waals surface area contributed by atoms with Crippen molar-refractivity contribution in [3.05, 3.63) is 52.1 Å². The van der Waals surface area contributed by atoms with E-state index in [2.05, 4.69) is 21.2 Å². The number of hydrogen-bond acceptors (Lipinski definition) is 6. The van der Waals surface area contributed by atoms with Gasteiger partial charge in [0.15, 0.2) is 11.6 Å². The molecule has 32 heavy (non-hydrogen) atoms. The van der Waals surface area contributed by atoms with Crippen LogP contribution in [-0.2, 0) is 6.42 Å². The van der Waals surface area contributed by atoms with Crippen LogP contribution in [0.4, 0.5) is 14.2 Å². The lowest BCUT2D eigenvalue weighted by Crippen LogP contribution is -2.35. The van der Waals surface area contributed by atoms with Gasteiger partial charge in [-0.25, -0.2) is 14.2 Å². The highest BCUT2D eigenvalue weighted by Gasteiger charge is 2.31. The monoisotopic (exact) mass is 457 g/mol. The van der Waals surface area contributed by atoms with Gasteiger partial charge in [0.25, 0.3) is 0 Å². The quantitative estimate of drug-likeness (QED) is 0.371. The third-order valence-electron chi connectivity index (χ3n) is 5.96. The van der Waals surface area contributed by atoms with E-state index in [0.29, 0.717) is 31.4 Å². The minimum Gasteiger partial charge on any atom is -0.490 e. The van der Waals surface area contributed by atoms with Gasteiger partial charge in [0.1, 0.15) is 5.00 Å². The van der Waals surface area contributed by atoms with Crippen LogP contribution in [0.2, 0.25) is 0 Å². The van der Waals surface area contributed by atoms with Crippen LogP contribution in [-0.4, -0.2) is 30.7 Å². The van der Waals surface area contributed by atoms with Crippen molar-refractivity contribution in [3.8, 4) is 5.75 Å². The summed E-state index contributed by atoms with van der Waals surface area (Å²) < 4.78 is 19.6. The molecule has 2 aliphatic carbocycles. The van der Waals surface area contributed by atoms with Crippen molar-refractivity contribution in [1.29, 1.82) is 0 Å². The Morgan fingerprint density at radius 3 is 3.00 bits per heavy atom. The fraction of sp³-hybridized carbons (Fsp3) is 0.478. The highest BCUT2D eigenvalue weighted by molar-refractivity contribution is 7.15. The smallest absolute Gasteiger partial charge is 0.327 e. The highest BCUT2D eigenvalue weighted by Crippen LogP contribution is 2.35. The molecule has 7 nitrogen and oxygen atoms in total. The Kier molecular flexibility index (Phi) is 6.12. The Labute approximate surface area is 191 Å². The summed E-state index contributed by atoms with van der Waals surface area (Å²) in [6.45, 7) is 3.92. The minimum atomic E-state index is -0.318. The molecule has 0 spiro atoms. The molecule has 3 fully saturated rings. The summed E-state index contributed by atoms with van der Waals surface area (Å²) in [5, 5.41) is 4.82. The number of urea groups is 1. The third kappa shape index (κ3) is 5.11. The van der Waals surface area contributed by atoms with Crippen molar-refractivity contribution in [2.45, 2.75) is 45.1 Å². The second kappa shape index (κ2) is 9.17. The number of rotatable bonds is 10. The molecular formula is C23H28FN5O2S. The summed E-state index contributed by atoms with van der Waals surface area (Å²) in [5.41, 5.74) is 9.86. The van der Waals surface area contributed by atoms with E-state index < -0.39 is 0 Å². The van der Waals surface area contributed by atoms with Gasteiger partial charge in [0.2, 0.25) is 0 Å². The van der Waals surface area contributed by atoms with Gasteiger partial charge >= 0.3 is 6.03 Å². The molecule has 3 aliphatic rings. The molecule has 0 bridgehead atoms. The number of halogens is 1. The van der Waals surface area contributed by atoms with Gasteiger partial charge in [-0.15, -0.1) is 11.3 Å². The molecule has 2 saturated carbocycles. The topological polar surface area (TPSA) is 78.5 Å². The Hall–Kier alpha value is -2.49. The van der Waals surface area contributed by atoms with Crippen LogP contribution in [0.1, 0.15) is 49.2 Å². The van der Waals surface area contributed by atoms with E-state index in [1.165, 1.54) is 24.5 Å². The van der Waals surface area contributed by atoms with Crippen LogP contribution in [0.15, 0.2) is 35.7 Å². The maximum atomic E-state index is 14.0. The van der Waals surface area contributed by atoms with E-state index in [1.807, 2.05) is 6.92 Å². The molecule has 2 amide bonds. The Bertz CT molecular complexity index is 1030. The predicted octanol–water partition coefficient (Wildman–Crippen LogP) is 4.05. The number of thiazole rings is 1. The van der Waals surface area contributed by atoms with Gasteiger partial charge in [-0.1, -0.05) is 6.07 Å². The lowest BCUT2D eigenvalue weighted by Gasteiger charge is -2.16. The fourth-order valence-electron chi connectivity index (χ4n) is 3.62. The number of carbonyl (C=O) groups is 1. The first-order chi connectivity index (χ1) is 15.6. The number of hydrazine groups is 1. The van der Waals surface area contributed by atoms with Crippen LogP contribution in [0.5, 0.6) is 5.75 Å². The van der Waals surface area contributed by atoms with E-state index in [0.717, 1.165) is 40.5 Å². The summed E-state index contributed by atoms with van der Waals surface area (Å²) in [5.74, 6) is 0.588. The summed E-state index contributed by atoms with van der Waals surface area (Å²) >= 11 is 1.55. The van der Waals surface area contributed by atoms with Crippen molar-refractivity contribution in [2.75, 3.05) is 24.6 Å². The zero-order valence-electron chi connectivity index (χ0n) is 18.1. The maximum absolute atomic E-state index is 14.0. The number of nitrogens with zero attached hydrogens (tertiary/aromatic N) is 2. The number of nitrogens with one attached hydrogen (secondary N) is 3. The lowest BCUT2D eigenvalue weighted by molar-refractivity contribution is 0.253. The highest BCUT2D eigenvalue weighted by atomic mass is 32.1. The summed E-state index contributed by atoms with van der Waals surface area (Å²) in [4.78, 5) is 18.5. The number of carbonyl (C=O) groups excluding carboxylic acids is 1. The predicted molar refractivity (Wildman–Crippen MR) is 122 cm³/mol. The Balaban J connectivity index is 1.08. The van der Waals surface area contributed by atoms with Crippen LogP contribution in [0, 0.1) is 11.7 Å². The van der Waals surface area contributed by atoms with E-state index in [9.17, 15) is 9.18 Å². The largest absolute Gasteiger partial charge is 0.490 e. The zero-order valence-corrected chi connectivity index (χ0v) is 18.9. The fourth-order valence-corrected chi connectivity index (χ4v) is 4.53. The average Bonchev–Trinajstić information content (AvgIpc) is 3.71. The number of ether oxygens (including phenoxy) is 1. The molecular weight excluding hydrogens is 429 g/mol. The molecule has 3 N–H and O–H groups in total. The molecule has 2 heterocycles. The van der Waals surface area contributed by atoms with E-state index in [-0.39, 0.29) is 17.9 Å². The Morgan fingerprint density at radius 2 is 2.22 bits per heavy atom. The van der Waals surface area contributed by atoms with Gasteiger partial charge in [-0.2, -0.15) is 0 Å². The molecule has 1 aliphatic heterocycles. The molecule has 1 saturated heterocycles. The van der Waals surface area contributed by atoms with Gasteiger partial charge in [-0.05, 0) is 61.8 Å². The summed E-state index contributed by atoms with van der Waals surface area (Å²) in [6, 6.07) is 4.94. The molecule has 2 aromatic rings. The van der Waals surface area contributed by atoms with Gasteiger partial charge in [0.05, 0.1) is 24.4 Å². The van der Waals surface area contributed by atoms with Crippen LogP contribution in [0.25, 0.3) is 0 Å². The standard InChI is InChI=1S/C23H28FN5O2S/c1-14(17-6-7-18(24)20(10-17)31-13-15-2-3-15)28-26-9-8-21-25-11-22(32-21)29-12-19(16-4-5-16)27-23(29)30/h6-7,10-11,14-15,26,28H,2-5,8-9,12-13H2,1H3,(H,27,30). The molecule has 1 atom stereocenters. The first-order valence-electron chi connectivity index (χ1n) is 11.2. The number of amides is 2. The lowest BCUT2D eigenvalue weighted by atomic mass is 10.1. The molecule has 9 heteroatoms. The van der Waals surface area contributed by atoms with Crippen molar-refractivity contribution in [1.82, 2.24) is 21.2 Å².